The maximum Gasteiger partial charge on any atom is 0.145 e. The van der Waals surface area contributed by atoms with Crippen LogP contribution in [0.25, 0.3) is 0 Å². The molecule has 0 aliphatic rings. The Kier molecular flexibility index (Phi) is 3.39. The van der Waals surface area contributed by atoms with Gasteiger partial charge >= 0.3 is 0 Å². The van der Waals surface area contributed by atoms with Crippen LogP contribution in [0.3, 0.4) is 0 Å². The zero-order valence-electron chi connectivity index (χ0n) is 8.98. The SMILES string of the molecule is NC(Cc1cc(F)ccc1F)c1ncccn1. The molecule has 1 atom stereocenters. The lowest BCUT2D eigenvalue weighted by molar-refractivity contribution is 0.566. The highest BCUT2D eigenvalue weighted by Crippen LogP contribution is 2.16. The highest BCUT2D eigenvalue weighted by atomic mass is 19.1. The van der Waals surface area contributed by atoms with Gasteiger partial charge in [-0.3, -0.25) is 0 Å². The predicted molar refractivity (Wildman–Crippen MR) is 59.0 cm³/mol. The minimum Gasteiger partial charge on any atom is -0.321 e. The molecule has 5 heteroatoms. The van der Waals surface area contributed by atoms with Crippen molar-refractivity contribution in [1.29, 1.82) is 0 Å². The van der Waals surface area contributed by atoms with Crippen molar-refractivity contribution in [1.82, 2.24) is 9.97 Å². The summed E-state index contributed by atoms with van der Waals surface area (Å²) in [5.74, 6) is -0.545. The van der Waals surface area contributed by atoms with E-state index in [-0.39, 0.29) is 12.0 Å². The van der Waals surface area contributed by atoms with Gasteiger partial charge < -0.3 is 5.73 Å². The molecule has 2 aromatic rings. The van der Waals surface area contributed by atoms with Gasteiger partial charge in [-0.25, -0.2) is 18.7 Å². The van der Waals surface area contributed by atoms with Crippen LogP contribution in [0.4, 0.5) is 8.78 Å². The lowest BCUT2D eigenvalue weighted by Crippen LogP contribution is -2.17. The number of halogens is 2. The Bertz CT molecular complexity index is 502. The molecule has 1 aromatic carbocycles. The van der Waals surface area contributed by atoms with Gasteiger partial charge in [-0.15, -0.1) is 0 Å². The minimum atomic E-state index is -0.549. The fourth-order valence-electron chi connectivity index (χ4n) is 1.53. The summed E-state index contributed by atoms with van der Waals surface area (Å²) in [6.07, 6.45) is 3.28. The topological polar surface area (TPSA) is 51.8 Å². The zero-order chi connectivity index (χ0) is 12.3. The zero-order valence-corrected chi connectivity index (χ0v) is 8.98. The van der Waals surface area contributed by atoms with Crippen LogP contribution in [0.1, 0.15) is 17.4 Å². The Morgan fingerprint density at radius 2 is 1.88 bits per heavy atom. The van der Waals surface area contributed by atoms with Crippen molar-refractivity contribution in [3.05, 3.63) is 59.7 Å². The van der Waals surface area contributed by atoms with Gasteiger partial charge in [-0.2, -0.15) is 0 Å². The van der Waals surface area contributed by atoms with Gasteiger partial charge in [0.1, 0.15) is 17.5 Å². The molecule has 0 aliphatic carbocycles. The van der Waals surface area contributed by atoms with Gasteiger partial charge in [-0.1, -0.05) is 0 Å². The monoisotopic (exact) mass is 235 g/mol. The van der Waals surface area contributed by atoms with E-state index in [0.29, 0.717) is 5.82 Å². The van der Waals surface area contributed by atoms with E-state index >= 15 is 0 Å². The third-order valence-corrected chi connectivity index (χ3v) is 2.36. The van der Waals surface area contributed by atoms with E-state index in [1.165, 1.54) is 0 Å². The fraction of sp³-hybridized carbons (Fsp3) is 0.167. The molecule has 17 heavy (non-hydrogen) atoms. The summed E-state index contributed by atoms with van der Waals surface area (Å²) in [5, 5.41) is 0. The van der Waals surface area contributed by atoms with Crippen molar-refractivity contribution in [3.63, 3.8) is 0 Å². The quantitative estimate of drug-likeness (QED) is 0.885. The second kappa shape index (κ2) is 4.97. The highest BCUT2D eigenvalue weighted by molar-refractivity contribution is 5.20. The first-order chi connectivity index (χ1) is 8.16. The number of benzene rings is 1. The molecule has 0 saturated heterocycles. The number of nitrogens with zero attached hydrogens (tertiary/aromatic N) is 2. The van der Waals surface area contributed by atoms with E-state index in [2.05, 4.69) is 9.97 Å². The fourth-order valence-corrected chi connectivity index (χ4v) is 1.53. The summed E-state index contributed by atoms with van der Waals surface area (Å²) in [6, 6.07) is 4.41. The Balaban J connectivity index is 2.18. The Labute approximate surface area is 97.3 Å². The molecule has 0 bridgehead atoms. The van der Waals surface area contributed by atoms with Gasteiger partial charge in [0.2, 0.25) is 0 Å². The van der Waals surface area contributed by atoms with E-state index in [1.807, 2.05) is 0 Å². The van der Waals surface area contributed by atoms with Crippen molar-refractivity contribution >= 4 is 0 Å². The minimum absolute atomic E-state index is 0.160. The molecule has 0 fully saturated rings. The van der Waals surface area contributed by atoms with Crippen molar-refractivity contribution in [2.24, 2.45) is 5.73 Å². The molecule has 0 saturated carbocycles. The average Bonchev–Trinajstić information content (AvgIpc) is 2.35. The molecule has 2 N–H and O–H groups in total. The first kappa shape index (κ1) is 11.6. The number of rotatable bonds is 3. The second-order valence-electron chi connectivity index (χ2n) is 3.65. The van der Waals surface area contributed by atoms with Crippen LogP contribution in [0.5, 0.6) is 0 Å². The number of hydrogen-bond acceptors (Lipinski definition) is 3. The van der Waals surface area contributed by atoms with E-state index in [9.17, 15) is 8.78 Å². The maximum absolute atomic E-state index is 13.4. The summed E-state index contributed by atoms with van der Waals surface area (Å²) >= 11 is 0. The molecule has 88 valence electrons. The van der Waals surface area contributed by atoms with Crippen molar-refractivity contribution in [2.75, 3.05) is 0 Å². The van der Waals surface area contributed by atoms with E-state index in [1.54, 1.807) is 18.5 Å². The lowest BCUT2D eigenvalue weighted by atomic mass is 10.1. The molecule has 3 nitrogen and oxygen atoms in total. The Morgan fingerprint density at radius 3 is 2.59 bits per heavy atom. The molecule has 1 unspecified atom stereocenters. The van der Waals surface area contributed by atoms with Crippen LogP contribution in [-0.2, 0) is 6.42 Å². The van der Waals surface area contributed by atoms with Crippen LogP contribution in [-0.4, -0.2) is 9.97 Å². The number of aromatic nitrogens is 2. The summed E-state index contributed by atoms with van der Waals surface area (Å²) in [5.41, 5.74) is 6.06. The average molecular weight is 235 g/mol. The molecule has 0 amide bonds. The molecular formula is C12H11F2N3. The molecule has 0 radical (unpaired) electrons. The normalized spacial score (nSPS) is 12.4. The number of nitrogens with two attached hydrogens (primary N) is 1. The Morgan fingerprint density at radius 1 is 1.18 bits per heavy atom. The van der Waals surface area contributed by atoms with Crippen molar-refractivity contribution in [2.45, 2.75) is 12.5 Å². The van der Waals surface area contributed by atoms with Crippen LogP contribution >= 0.6 is 0 Å². The van der Waals surface area contributed by atoms with Crippen LogP contribution < -0.4 is 5.73 Å². The smallest absolute Gasteiger partial charge is 0.145 e. The molecule has 2 rings (SSSR count). The summed E-state index contributed by atoms with van der Waals surface area (Å²) in [4.78, 5) is 7.95. The largest absolute Gasteiger partial charge is 0.321 e. The van der Waals surface area contributed by atoms with Crippen LogP contribution in [0.2, 0.25) is 0 Å². The van der Waals surface area contributed by atoms with Crippen molar-refractivity contribution < 1.29 is 8.78 Å². The summed E-state index contributed by atoms with van der Waals surface area (Å²) in [6.45, 7) is 0. The van der Waals surface area contributed by atoms with Gasteiger partial charge in [0.15, 0.2) is 0 Å². The van der Waals surface area contributed by atoms with Crippen LogP contribution in [0, 0.1) is 11.6 Å². The van der Waals surface area contributed by atoms with Gasteiger partial charge in [-0.05, 0) is 36.2 Å². The first-order valence-electron chi connectivity index (χ1n) is 5.13. The van der Waals surface area contributed by atoms with Gasteiger partial charge in [0.25, 0.3) is 0 Å². The van der Waals surface area contributed by atoms with Crippen LogP contribution in [0.15, 0.2) is 36.7 Å². The molecule has 1 aromatic heterocycles. The third-order valence-electron chi connectivity index (χ3n) is 2.36. The van der Waals surface area contributed by atoms with Gasteiger partial charge in [0.05, 0.1) is 6.04 Å². The molecule has 0 aliphatic heterocycles. The van der Waals surface area contributed by atoms with E-state index in [0.717, 1.165) is 18.2 Å². The highest BCUT2D eigenvalue weighted by Gasteiger charge is 2.13. The predicted octanol–water partition coefficient (Wildman–Crippen LogP) is 2.00. The summed E-state index contributed by atoms with van der Waals surface area (Å²) < 4.78 is 26.3. The summed E-state index contributed by atoms with van der Waals surface area (Å²) in [7, 11) is 0. The standard InChI is InChI=1S/C12H11F2N3/c13-9-2-3-10(14)8(6-9)7-11(15)12-16-4-1-5-17-12/h1-6,11H,7,15H2. The van der Waals surface area contributed by atoms with E-state index in [4.69, 9.17) is 5.73 Å². The molecule has 1 heterocycles. The molecular weight excluding hydrogens is 224 g/mol. The number of hydrogen-bond donors (Lipinski definition) is 1. The van der Waals surface area contributed by atoms with Gasteiger partial charge in [0, 0.05) is 12.4 Å². The van der Waals surface area contributed by atoms with E-state index < -0.39 is 17.7 Å². The Hall–Kier alpha value is -1.88. The maximum atomic E-state index is 13.4. The lowest BCUT2D eigenvalue weighted by Gasteiger charge is -2.10. The molecule has 0 spiro atoms. The second-order valence-corrected chi connectivity index (χ2v) is 3.65. The van der Waals surface area contributed by atoms with Crippen molar-refractivity contribution in [3.8, 4) is 0 Å². The first-order valence-corrected chi connectivity index (χ1v) is 5.13. The third kappa shape index (κ3) is 2.82.